The lowest BCUT2D eigenvalue weighted by Crippen LogP contribution is -2.54. The number of morpholine rings is 1. The maximum atomic E-state index is 12.4. The number of amides is 3. The fourth-order valence-electron chi connectivity index (χ4n) is 2.64. The second-order valence-corrected chi connectivity index (χ2v) is 7.72. The Labute approximate surface area is 184 Å². The molecule has 1 aliphatic rings. The van der Waals surface area contributed by atoms with Crippen LogP contribution in [0.25, 0.3) is 0 Å². The highest BCUT2D eigenvalue weighted by Gasteiger charge is 2.39. The van der Waals surface area contributed by atoms with Gasteiger partial charge >= 0.3 is 12.1 Å². The molecule has 1 aromatic heterocycles. The average Bonchev–Trinajstić information content (AvgIpc) is 3.21. The number of allylic oxidation sites excluding steroid dienone is 1. The number of rotatable bonds is 6. The number of aliphatic hydroxyl groups excluding tert-OH is 1. The third kappa shape index (κ3) is 6.62. The van der Waals surface area contributed by atoms with Crippen molar-refractivity contribution in [3.63, 3.8) is 0 Å². The zero-order chi connectivity index (χ0) is 24.1. The van der Waals surface area contributed by atoms with E-state index in [2.05, 4.69) is 5.32 Å². The predicted molar refractivity (Wildman–Crippen MR) is 108 cm³/mol. The molecule has 0 aromatic carbocycles. The topological polar surface area (TPSA) is 156 Å². The van der Waals surface area contributed by atoms with Gasteiger partial charge < -0.3 is 30.8 Å². The normalized spacial score (nSPS) is 16.9. The van der Waals surface area contributed by atoms with Crippen molar-refractivity contribution in [2.45, 2.75) is 19.1 Å². The summed E-state index contributed by atoms with van der Waals surface area (Å²) in [6.45, 7) is 1.83. The van der Waals surface area contributed by atoms with E-state index >= 15 is 0 Å². The summed E-state index contributed by atoms with van der Waals surface area (Å²) in [6, 6.07) is 1.90. The van der Waals surface area contributed by atoms with Crippen LogP contribution in [-0.2, 0) is 14.3 Å². The highest BCUT2D eigenvalue weighted by molar-refractivity contribution is 7.16. The zero-order valence-electron chi connectivity index (χ0n) is 16.7. The summed E-state index contributed by atoms with van der Waals surface area (Å²) in [5.74, 6) is -5.02. The maximum Gasteiger partial charge on any atom is 0.471 e. The number of hydrogen-bond donors (Lipinski definition) is 5. The van der Waals surface area contributed by atoms with Crippen molar-refractivity contribution in [1.82, 2.24) is 15.5 Å². The van der Waals surface area contributed by atoms with Gasteiger partial charge in [0.05, 0.1) is 29.0 Å². The molecule has 0 spiro atoms. The Morgan fingerprint density at radius 2 is 1.97 bits per heavy atom. The Morgan fingerprint density at radius 1 is 1.31 bits per heavy atom. The summed E-state index contributed by atoms with van der Waals surface area (Å²) >= 11 is 0.704. The smallest absolute Gasteiger partial charge is 0.471 e. The van der Waals surface area contributed by atoms with Gasteiger partial charge in [0.2, 0.25) is 0 Å². The standard InChI is InChI=1S/C18H20F3N5O5S/c1-9(22)6-11(27)16(29)26-4-5-31-8-10(26)7-24-15(28)13-3-2-12(32-13)14(23)25-17(30)18(19,20)21/h2-3,6,10,22,27H,4-5,7-8H2,1H3,(H,24,28)(H2,23,25,30)/b11-6-,22-9?. The van der Waals surface area contributed by atoms with Gasteiger partial charge in [-0.15, -0.1) is 11.3 Å². The number of alkyl halides is 3. The van der Waals surface area contributed by atoms with Crippen molar-refractivity contribution >= 4 is 40.6 Å². The molecule has 3 amide bonds. The summed E-state index contributed by atoms with van der Waals surface area (Å²) in [6.07, 6.45) is -4.14. The molecule has 0 saturated carbocycles. The molecule has 1 aromatic rings. The first-order valence-electron chi connectivity index (χ1n) is 9.09. The van der Waals surface area contributed by atoms with Crippen LogP contribution in [0.1, 0.15) is 21.5 Å². The van der Waals surface area contributed by atoms with Crippen LogP contribution in [0.4, 0.5) is 13.2 Å². The van der Waals surface area contributed by atoms with Crippen molar-refractivity contribution in [2.24, 2.45) is 0 Å². The number of carbonyl (C=O) groups is 3. The number of hydrogen-bond acceptors (Lipinski definition) is 8. The van der Waals surface area contributed by atoms with Crippen LogP contribution < -0.4 is 10.6 Å². The van der Waals surface area contributed by atoms with E-state index in [0.717, 1.165) is 6.08 Å². The van der Waals surface area contributed by atoms with Gasteiger partial charge in [-0.05, 0) is 19.1 Å². The molecule has 1 unspecified atom stereocenters. The number of carbonyl (C=O) groups excluding carboxylic acids is 3. The van der Waals surface area contributed by atoms with Crippen LogP contribution in [-0.4, -0.2) is 77.8 Å². The Morgan fingerprint density at radius 3 is 2.59 bits per heavy atom. The van der Waals surface area contributed by atoms with Gasteiger partial charge in [-0.1, -0.05) is 0 Å². The lowest BCUT2D eigenvalue weighted by atomic mass is 10.2. The molecule has 1 aliphatic heterocycles. The molecular weight excluding hydrogens is 455 g/mol. The molecule has 32 heavy (non-hydrogen) atoms. The van der Waals surface area contributed by atoms with Gasteiger partial charge in [-0.3, -0.25) is 19.8 Å². The van der Waals surface area contributed by atoms with Gasteiger partial charge in [-0.2, -0.15) is 13.2 Å². The minimum Gasteiger partial charge on any atom is -0.503 e. The fourth-order valence-corrected chi connectivity index (χ4v) is 3.47. The van der Waals surface area contributed by atoms with Crippen LogP contribution in [0, 0.1) is 10.8 Å². The van der Waals surface area contributed by atoms with Gasteiger partial charge in [0, 0.05) is 24.9 Å². The van der Waals surface area contributed by atoms with Crippen LogP contribution >= 0.6 is 11.3 Å². The van der Waals surface area contributed by atoms with E-state index in [9.17, 15) is 32.7 Å². The van der Waals surface area contributed by atoms with Crippen molar-refractivity contribution in [2.75, 3.05) is 26.3 Å². The van der Waals surface area contributed by atoms with E-state index < -0.39 is 41.5 Å². The zero-order valence-corrected chi connectivity index (χ0v) is 17.5. The Balaban J connectivity index is 1.99. The number of aliphatic hydroxyl groups is 1. The molecule has 0 aliphatic carbocycles. The van der Waals surface area contributed by atoms with Gasteiger partial charge in [0.1, 0.15) is 5.84 Å². The first-order chi connectivity index (χ1) is 14.9. The number of thiophene rings is 1. The van der Waals surface area contributed by atoms with Crippen LogP contribution in [0.5, 0.6) is 0 Å². The molecule has 174 valence electrons. The van der Waals surface area contributed by atoms with Crippen molar-refractivity contribution in [3.8, 4) is 0 Å². The van der Waals surface area contributed by atoms with Crippen LogP contribution in [0.2, 0.25) is 0 Å². The Kier molecular flexibility index (Phi) is 8.10. The molecule has 14 heteroatoms. The lowest BCUT2D eigenvalue weighted by molar-refractivity contribution is -0.171. The average molecular weight is 475 g/mol. The summed E-state index contributed by atoms with van der Waals surface area (Å²) in [5.41, 5.74) is -0.0144. The second kappa shape index (κ2) is 10.4. The Bertz CT molecular complexity index is 959. The first-order valence-corrected chi connectivity index (χ1v) is 9.91. The molecular formula is C18H20F3N5O5S. The van der Waals surface area contributed by atoms with E-state index in [1.807, 2.05) is 0 Å². The minimum absolute atomic E-state index is 0.0144. The molecule has 10 nitrogen and oxygen atoms in total. The highest BCUT2D eigenvalue weighted by Crippen LogP contribution is 2.19. The number of ether oxygens (including phenoxy) is 1. The summed E-state index contributed by atoms with van der Waals surface area (Å²) in [4.78, 5) is 37.0. The SMILES string of the molecule is CC(=N)/C=C(\O)C(=O)N1CCOCC1CNC(=O)c1ccc(C(=N)NC(=O)C(F)(F)F)s1. The molecule has 5 N–H and O–H groups in total. The number of amidine groups is 1. The summed E-state index contributed by atoms with van der Waals surface area (Å²) in [7, 11) is 0. The monoisotopic (exact) mass is 475 g/mol. The van der Waals surface area contributed by atoms with E-state index in [-0.39, 0.29) is 41.8 Å². The van der Waals surface area contributed by atoms with Crippen LogP contribution in [0.3, 0.4) is 0 Å². The van der Waals surface area contributed by atoms with Gasteiger partial charge in [0.15, 0.2) is 5.76 Å². The molecule has 0 radical (unpaired) electrons. The number of nitrogens with one attached hydrogen (secondary N) is 4. The van der Waals surface area contributed by atoms with Crippen LogP contribution in [0.15, 0.2) is 24.0 Å². The van der Waals surface area contributed by atoms with E-state index in [4.69, 9.17) is 15.6 Å². The van der Waals surface area contributed by atoms with Crippen molar-refractivity contribution in [3.05, 3.63) is 33.7 Å². The second-order valence-electron chi connectivity index (χ2n) is 6.64. The largest absolute Gasteiger partial charge is 0.503 e. The third-order valence-corrected chi connectivity index (χ3v) is 5.23. The first kappa shape index (κ1) is 25.0. The molecule has 2 rings (SSSR count). The van der Waals surface area contributed by atoms with Crippen molar-refractivity contribution in [1.29, 1.82) is 10.8 Å². The molecule has 1 atom stereocenters. The van der Waals surface area contributed by atoms with E-state index in [1.54, 1.807) is 0 Å². The third-order valence-electron chi connectivity index (χ3n) is 4.13. The van der Waals surface area contributed by atoms with Crippen molar-refractivity contribution < 1.29 is 37.4 Å². The Hall–Kier alpha value is -3.26. The molecule has 2 heterocycles. The predicted octanol–water partition coefficient (Wildman–Crippen LogP) is 1.19. The molecule has 1 saturated heterocycles. The van der Waals surface area contributed by atoms with Gasteiger partial charge in [0.25, 0.3) is 11.8 Å². The fraction of sp³-hybridized carbons (Fsp3) is 0.389. The quantitative estimate of drug-likeness (QED) is 0.181. The molecule has 1 fully saturated rings. The summed E-state index contributed by atoms with van der Waals surface area (Å²) in [5, 5.41) is 28.7. The maximum absolute atomic E-state index is 12.4. The number of nitrogens with zero attached hydrogens (tertiary/aromatic N) is 1. The highest BCUT2D eigenvalue weighted by atomic mass is 32.1. The molecule has 0 bridgehead atoms. The van der Waals surface area contributed by atoms with E-state index in [0.29, 0.717) is 11.3 Å². The van der Waals surface area contributed by atoms with Gasteiger partial charge in [-0.25, -0.2) is 0 Å². The van der Waals surface area contributed by atoms with E-state index in [1.165, 1.54) is 29.3 Å². The lowest BCUT2D eigenvalue weighted by Gasteiger charge is -2.35. The summed E-state index contributed by atoms with van der Waals surface area (Å²) < 4.78 is 42.2. The number of halogens is 3. The minimum atomic E-state index is -5.14.